The molecule has 0 bridgehead atoms. The number of hydrogen-bond donors (Lipinski definition) is 2. The molecule has 0 aliphatic carbocycles. The summed E-state index contributed by atoms with van der Waals surface area (Å²) >= 11 is 0. The standard InChI is InChI=1S/C24H25F2N5O/c1-23(2,27)22(32)31-14-13-30-20(28-18-11-9-17(26)10-12-18)19(29-21(30)24(31,3)4)15-5-7-16(25)8-6-15/h5-14,28H,27H2,1-4H3. The average Bonchev–Trinajstić information content (AvgIpc) is 3.09. The predicted octanol–water partition coefficient (Wildman–Crippen LogP) is 4.81. The molecular weight excluding hydrogens is 412 g/mol. The maximum absolute atomic E-state index is 13.5. The van der Waals surface area contributed by atoms with Gasteiger partial charge in [0, 0.05) is 23.7 Å². The van der Waals surface area contributed by atoms with E-state index in [-0.39, 0.29) is 17.5 Å². The molecule has 0 saturated carbocycles. The lowest BCUT2D eigenvalue weighted by atomic mass is 9.96. The zero-order valence-corrected chi connectivity index (χ0v) is 18.4. The van der Waals surface area contributed by atoms with Crippen LogP contribution in [0.3, 0.4) is 0 Å². The Kier molecular flexibility index (Phi) is 5.13. The summed E-state index contributed by atoms with van der Waals surface area (Å²) in [6.07, 6.45) is 3.41. The van der Waals surface area contributed by atoms with Gasteiger partial charge in [0.2, 0.25) is 5.91 Å². The number of carbonyl (C=O) groups is 1. The third kappa shape index (κ3) is 3.78. The van der Waals surface area contributed by atoms with Gasteiger partial charge in [-0.2, -0.15) is 0 Å². The van der Waals surface area contributed by atoms with E-state index in [9.17, 15) is 13.6 Å². The average molecular weight is 437 g/mol. The van der Waals surface area contributed by atoms with Crippen LogP contribution in [-0.2, 0) is 10.3 Å². The quantitative estimate of drug-likeness (QED) is 0.614. The van der Waals surface area contributed by atoms with Gasteiger partial charge in [0.15, 0.2) is 0 Å². The van der Waals surface area contributed by atoms with Crippen molar-refractivity contribution in [2.24, 2.45) is 5.73 Å². The highest BCUT2D eigenvalue weighted by Crippen LogP contribution is 2.40. The normalized spacial score (nSPS) is 14.9. The van der Waals surface area contributed by atoms with Crippen LogP contribution in [0.5, 0.6) is 0 Å². The van der Waals surface area contributed by atoms with Crippen molar-refractivity contribution in [2.75, 3.05) is 5.32 Å². The third-order valence-electron chi connectivity index (χ3n) is 5.42. The van der Waals surface area contributed by atoms with Gasteiger partial charge in [-0.1, -0.05) is 0 Å². The molecule has 1 aromatic heterocycles. The number of benzene rings is 2. The van der Waals surface area contributed by atoms with Crippen LogP contribution in [0.25, 0.3) is 17.5 Å². The molecule has 0 fully saturated rings. The minimum absolute atomic E-state index is 0.246. The van der Waals surface area contributed by atoms with E-state index in [1.165, 1.54) is 24.3 Å². The van der Waals surface area contributed by atoms with Crippen molar-refractivity contribution in [1.29, 1.82) is 0 Å². The van der Waals surface area contributed by atoms with Crippen molar-refractivity contribution in [2.45, 2.75) is 38.8 Å². The molecule has 0 radical (unpaired) electrons. The van der Waals surface area contributed by atoms with Crippen molar-refractivity contribution in [3.8, 4) is 11.3 Å². The molecule has 1 amide bonds. The maximum atomic E-state index is 13.5. The first kappa shape index (κ1) is 21.7. The SMILES string of the molecule is CC(C)(N)C(=O)N1C=Cn2c(nc(-c3ccc(F)cc3)c2Nc2ccc(F)cc2)C1(C)C. The van der Waals surface area contributed by atoms with Gasteiger partial charge in [-0.3, -0.25) is 9.36 Å². The lowest BCUT2D eigenvalue weighted by molar-refractivity contribution is -0.138. The Labute approximate surface area is 185 Å². The van der Waals surface area contributed by atoms with Gasteiger partial charge in [0.25, 0.3) is 0 Å². The molecule has 6 nitrogen and oxygen atoms in total. The van der Waals surface area contributed by atoms with Crippen molar-refractivity contribution in [1.82, 2.24) is 14.5 Å². The molecular formula is C24H25F2N5O. The van der Waals surface area contributed by atoms with E-state index in [0.717, 1.165) is 0 Å². The summed E-state index contributed by atoms with van der Waals surface area (Å²) in [5.74, 6) is 0.268. The van der Waals surface area contributed by atoms with E-state index in [4.69, 9.17) is 10.7 Å². The molecule has 8 heteroatoms. The highest BCUT2D eigenvalue weighted by atomic mass is 19.1. The van der Waals surface area contributed by atoms with Crippen LogP contribution in [0.4, 0.5) is 20.3 Å². The number of imidazole rings is 1. The number of halogens is 2. The van der Waals surface area contributed by atoms with E-state index in [1.54, 1.807) is 55.4 Å². The smallest absolute Gasteiger partial charge is 0.246 e. The van der Waals surface area contributed by atoms with Crippen molar-refractivity contribution < 1.29 is 13.6 Å². The summed E-state index contributed by atoms with van der Waals surface area (Å²) < 4.78 is 28.8. The van der Waals surface area contributed by atoms with E-state index < -0.39 is 11.1 Å². The topological polar surface area (TPSA) is 76.2 Å². The number of rotatable bonds is 4. The number of amides is 1. The fourth-order valence-corrected chi connectivity index (χ4v) is 3.67. The zero-order chi connectivity index (χ0) is 23.3. The zero-order valence-electron chi connectivity index (χ0n) is 18.4. The van der Waals surface area contributed by atoms with Crippen LogP contribution in [0, 0.1) is 11.6 Å². The number of nitrogens with two attached hydrogens (primary N) is 1. The van der Waals surface area contributed by atoms with Gasteiger partial charge in [-0.25, -0.2) is 13.8 Å². The molecule has 3 aromatic rings. The third-order valence-corrected chi connectivity index (χ3v) is 5.42. The van der Waals surface area contributed by atoms with E-state index in [2.05, 4.69) is 5.32 Å². The van der Waals surface area contributed by atoms with Crippen LogP contribution in [0.2, 0.25) is 0 Å². The molecule has 1 aliphatic rings. The second-order valence-corrected chi connectivity index (χ2v) is 8.90. The fraction of sp³-hybridized carbons (Fsp3) is 0.250. The number of carbonyl (C=O) groups excluding carboxylic acids is 1. The van der Waals surface area contributed by atoms with Crippen LogP contribution in [-0.4, -0.2) is 25.9 Å². The molecule has 0 spiro atoms. The summed E-state index contributed by atoms with van der Waals surface area (Å²) in [7, 11) is 0. The molecule has 0 unspecified atom stereocenters. The van der Waals surface area contributed by atoms with Crippen LogP contribution in [0.15, 0.2) is 54.7 Å². The Balaban J connectivity index is 1.87. The number of aromatic nitrogens is 2. The van der Waals surface area contributed by atoms with Gasteiger partial charge in [-0.15, -0.1) is 0 Å². The van der Waals surface area contributed by atoms with Crippen molar-refractivity contribution in [3.63, 3.8) is 0 Å². The van der Waals surface area contributed by atoms with E-state index >= 15 is 0 Å². The van der Waals surface area contributed by atoms with Gasteiger partial charge < -0.3 is 16.0 Å². The molecule has 166 valence electrons. The summed E-state index contributed by atoms with van der Waals surface area (Å²) in [6.45, 7) is 7.09. The number of hydrogen-bond acceptors (Lipinski definition) is 4. The Morgan fingerprint density at radius 1 is 1.00 bits per heavy atom. The largest absolute Gasteiger partial charge is 0.339 e. The summed E-state index contributed by atoms with van der Waals surface area (Å²) in [6, 6.07) is 12.0. The molecule has 2 heterocycles. The molecule has 4 rings (SSSR count). The Morgan fingerprint density at radius 3 is 2.12 bits per heavy atom. The Morgan fingerprint density at radius 2 is 1.56 bits per heavy atom. The van der Waals surface area contributed by atoms with Crippen LogP contribution < -0.4 is 11.1 Å². The van der Waals surface area contributed by atoms with Gasteiger partial charge in [0.1, 0.15) is 34.5 Å². The second kappa shape index (κ2) is 7.56. The first-order valence-corrected chi connectivity index (χ1v) is 10.2. The van der Waals surface area contributed by atoms with Crippen molar-refractivity contribution in [3.05, 3.63) is 72.2 Å². The minimum atomic E-state index is -1.06. The molecule has 1 aliphatic heterocycles. The maximum Gasteiger partial charge on any atom is 0.246 e. The second-order valence-electron chi connectivity index (χ2n) is 8.90. The first-order valence-electron chi connectivity index (χ1n) is 10.2. The van der Waals surface area contributed by atoms with Gasteiger partial charge in [-0.05, 0) is 76.2 Å². The highest BCUT2D eigenvalue weighted by molar-refractivity contribution is 5.88. The van der Waals surface area contributed by atoms with Crippen LogP contribution >= 0.6 is 0 Å². The lowest BCUT2D eigenvalue weighted by Crippen LogP contribution is -2.56. The Bertz CT molecular complexity index is 1190. The first-order chi connectivity index (χ1) is 15.0. The number of nitrogens with zero attached hydrogens (tertiary/aromatic N) is 3. The van der Waals surface area contributed by atoms with E-state index in [0.29, 0.717) is 28.6 Å². The molecule has 0 atom stereocenters. The molecule has 32 heavy (non-hydrogen) atoms. The summed E-state index contributed by atoms with van der Waals surface area (Å²) in [5.41, 5.74) is 6.12. The summed E-state index contributed by atoms with van der Waals surface area (Å²) in [4.78, 5) is 19.4. The lowest BCUT2D eigenvalue weighted by Gasteiger charge is -2.41. The number of anilines is 2. The molecule has 2 aromatic carbocycles. The molecule has 3 N–H and O–H groups in total. The Hall–Kier alpha value is -3.52. The summed E-state index contributed by atoms with van der Waals surface area (Å²) in [5, 5.41) is 3.29. The fourth-order valence-electron chi connectivity index (χ4n) is 3.67. The number of fused-ring (bicyclic) bond motifs is 1. The van der Waals surface area contributed by atoms with Crippen LogP contribution in [0.1, 0.15) is 33.5 Å². The van der Waals surface area contributed by atoms with E-state index in [1.807, 2.05) is 18.4 Å². The van der Waals surface area contributed by atoms with Gasteiger partial charge in [0.05, 0.1) is 5.54 Å². The predicted molar refractivity (Wildman–Crippen MR) is 121 cm³/mol. The monoisotopic (exact) mass is 437 g/mol. The van der Waals surface area contributed by atoms with Gasteiger partial charge >= 0.3 is 0 Å². The minimum Gasteiger partial charge on any atom is -0.339 e. The molecule has 0 saturated heterocycles. The van der Waals surface area contributed by atoms with Crippen molar-refractivity contribution >= 4 is 23.6 Å². The number of nitrogens with one attached hydrogen (secondary N) is 1. The highest BCUT2D eigenvalue weighted by Gasteiger charge is 2.42.